The molecule has 9 heteroatoms. The summed E-state index contributed by atoms with van der Waals surface area (Å²) in [5.41, 5.74) is 0.962. The van der Waals surface area contributed by atoms with Gasteiger partial charge in [-0.15, -0.1) is 11.6 Å². The van der Waals surface area contributed by atoms with Crippen LogP contribution in [0.1, 0.15) is 21.7 Å². The molecule has 4 nitrogen and oxygen atoms in total. The van der Waals surface area contributed by atoms with E-state index in [9.17, 15) is 18.0 Å². The smallest absolute Gasteiger partial charge is 0.320 e. The summed E-state index contributed by atoms with van der Waals surface area (Å²) in [5, 5.41) is 11.4. The Balaban J connectivity index is 2.22. The van der Waals surface area contributed by atoms with Gasteiger partial charge in [0.1, 0.15) is 11.8 Å². The van der Waals surface area contributed by atoms with Gasteiger partial charge >= 0.3 is 6.18 Å². The van der Waals surface area contributed by atoms with Gasteiger partial charge < -0.3 is 5.32 Å². The van der Waals surface area contributed by atoms with E-state index in [1.54, 1.807) is 19.1 Å². The number of benzene rings is 1. The normalized spacial score (nSPS) is 12.3. The molecule has 0 saturated carbocycles. The molecule has 0 bridgehead atoms. The number of carbonyl (C=O) groups is 1. The molecule has 130 valence electrons. The molecule has 25 heavy (non-hydrogen) atoms. The zero-order valence-corrected chi connectivity index (χ0v) is 14.3. The van der Waals surface area contributed by atoms with Crippen LogP contribution in [0.3, 0.4) is 0 Å². The first-order chi connectivity index (χ1) is 11.7. The summed E-state index contributed by atoms with van der Waals surface area (Å²) in [7, 11) is 0. The van der Waals surface area contributed by atoms with Crippen LogP contribution in [0.2, 0.25) is 0 Å². The maximum atomic E-state index is 12.6. The molecule has 1 atom stereocenters. The number of hydrogen-bond donors (Lipinski definition) is 1. The topological polar surface area (TPSA) is 65.8 Å². The first-order valence-electron chi connectivity index (χ1n) is 6.88. The second kappa shape index (κ2) is 7.76. The number of para-hydroxylation sites is 1. The first-order valence-corrected chi connectivity index (χ1v) is 8.19. The van der Waals surface area contributed by atoms with Crippen LogP contribution in [0.15, 0.2) is 41.3 Å². The number of carbonyl (C=O) groups excluding carboxylic acids is 1. The molecule has 0 radical (unpaired) electrons. The molecule has 1 aromatic heterocycles. The van der Waals surface area contributed by atoms with Crippen molar-refractivity contribution < 1.29 is 18.0 Å². The molecule has 2 rings (SSSR count). The highest BCUT2D eigenvalue weighted by Crippen LogP contribution is 2.40. The number of alkyl halides is 4. The van der Waals surface area contributed by atoms with Gasteiger partial charge in [-0.05, 0) is 31.2 Å². The Bertz CT molecular complexity index is 836. The van der Waals surface area contributed by atoms with E-state index in [-0.39, 0.29) is 16.3 Å². The molecule has 0 saturated heterocycles. The van der Waals surface area contributed by atoms with Gasteiger partial charge in [-0.2, -0.15) is 18.4 Å². The Morgan fingerprint density at radius 2 is 2.00 bits per heavy atom. The third-order valence-corrected chi connectivity index (χ3v) is 4.66. The maximum Gasteiger partial charge on any atom is 0.414 e. The molecule has 1 N–H and O–H groups in total. The Morgan fingerprint density at radius 3 is 2.60 bits per heavy atom. The number of aryl methyl sites for hydroxylation is 1. The van der Waals surface area contributed by atoms with Crippen molar-refractivity contribution in [1.29, 1.82) is 5.26 Å². The molecule has 0 spiro atoms. The SMILES string of the molecule is Cc1nc(C(=O)Nc2ccccc2SC(Cl)C(F)(F)F)ccc1C#N. The minimum absolute atomic E-state index is 0.0505. The predicted molar refractivity (Wildman–Crippen MR) is 89.6 cm³/mol. The lowest BCUT2D eigenvalue weighted by molar-refractivity contribution is -0.113. The minimum atomic E-state index is -4.57. The van der Waals surface area contributed by atoms with Crippen molar-refractivity contribution in [2.75, 3.05) is 5.32 Å². The average Bonchev–Trinajstić information content (AvgIpc) is 2.55. The number of aromatic nitrogens is 1. The fourth-order valence-electron chi connectivity index (χ4n) is 1.84. The number of anilines is 1. The number of hydrogen-bond acceptors (Lipinski definition) is 4. The Hall–Kier alpha value is -2.24. The van der Waals surface area contributed by atoms with Gasteiger partial charge in [-0.1, -0.05) is 23.9 Å². The van der Waals surface area contributed by atoms with E-state index in [1.807, 2.05) is 6.07 Å². The average molecular weight is 386 g/mol. The van der Waals surface area contributed by atoms with E-state index >= 15 is 0 Å². The molecule has 0 aliphatic rings. The third kappa shape index (κ3) is 4.87. The molecule has 1 amide bonds. The van der Waals surface area contributed by atoms with Crippen LogP contribution >= 0.6 is 23.4 Å². The van der Waals surface area contributed by atoms with Gasteiger partial charge in [0.25, 0.3) is 5.91 Å². The standard InChI is InChI=1S/C16H11ClF3N3OS/c1-9-10(8-21)6-7-12(22-9)14(24)23-11-4-2-3-5-13(11)25-15(17)16(18,19)20/h2-7,15H,1H3,(H,23,24). The number of rotatable bonds is 4. The number of thioether (sulfide) groups is 1. The fourth-order valence-corrected chi connectivity index (χ4v) is 2.89. The summed E-state index contributed by atoms with van der Waals surface area (Å²) in [6, 6.07) is 10.8. The molecule has 1 unspecified atom stereocenters. The van der Waals surface area contributed by atoms with Crippen LogP contribution in [-0.4, -0.2) is 21.8 Å². The first kappa shape index (κ1) is 19.1. The van der Waals surface area contributed by atoms with E-state index in [4.69, 9.17) is 16.9 Å². The number of nitrogens with one attached hydrogen (secondary N) is 1. The van der Waals surface area contributed by atoms with Crippen molar-refractivity contribution in [2.24, 2.45) is 0 Å². The van der Waals surface area contributed by atoms with Gasteiger partial charge in [-0.3, -0.25) is 4.79 Å². The summed E-state index contributed by atoms with van der Waals surface area (Å²) in [5.74, 6) is -0.598. The lowest BCUT2D eigenvalue weighted by Crippen LogP contribution is -2.20. The van der Waals surface area contributed by atoms with Crippen LogP contribution in [-0.2, 0) is 0 Å². The van der Waals surface area contributed by atoms with E-state index in [2.05, 4.69) is 10.3 Å². The van der Waals surface area contributed by atoms with Crippen molar-refractivity contribution >= 4 is 35.0 Å². The van der Waals surface area contributed by atoms with Crippen LogP contribution in [0, 0.1) is 18.3 Å². The van der Waals surface area contributed by atoms with E-state index < -0.39 is 16.8 Å². The largest absolute Gasteiger partial charge is 0.414 e. The molecular formula is C16H11ClF3N3OS. The zero-order valence-electron chi connectivity index (χ0n) is 12.8. The van der Waals surface area contributed by atoms with Gasteiger partial charge in [0.2, 0.25) is 0 Å². The van der Waals surface area contributed by atoms with Gasteiger partial charge in [0.15, 0.2) is 4.71 Å². The second-order valence-electron chi connectivity index (χ2n) is 4.87. The summed E-state index contributed by atoms with van der Waals surface area (Å²) in [6.45, 7) is 1.58. The molecule has 1 heterocycles. The van der Waals surface area contributed by atoms with Gasteiger partial charge in [-0.25, -0.2) is 4.98 Å². The monoisotopic (exact) mass is 385 g/mol. The summed E-state index contributed by atoms with van der Waals surface area (Å²) in [6.07, 6.45) is -4.57. The number of nitriles is 1. The fraction of sp³-hybridized carbons (Fsp3) is 0.188. The van der Waals surface area contributed by atoms with Crippen molar-refractivity contribution in [2.45, 2.75) is 22.7 Å². The summed E-state index contributed by atoms with van der Waals surface area (Å²) >= 11 is 5.74. The van der Waals surface area contributed by atoms with Crippen LogP contribution < -0.4 is 5.32 Å². The lowest BCUT2D eigenvalue weighted by Gasteiger charge is -2.16. The molecule has 1 aromatic carbocycles. The lowest BCUT2D eigenvalue weighted by atomic mass is 10.2. The Morgan fingerprint density at radius 1 is 1.32 bits per heavy atom. The van der Waals surface area contributed by atoms with Crippen molar-refractivity contribution in [3.8, 4) is 6.07 Å². The molecular weight excluding hydrogens is 375 g/mol. The zero-order chi connectivity index (χ0) is 18.6. The molecule has 0 fully saturated rings. The van der Waals surface area contributed by atoms with E-state index in [1.165, 1.54) is 24.3 Å². The Kier molecular flexibility index (Phi) is 5.93. The van der Waals surface area contributed by atoms with E-state index in [0.717, 1.165) is 0 Å². The van der Waals surface area contributed by atoms with Crippen LogP contribution in [0.4, 0.5) is 18.9 Å². The van der Waals surface area contributed by atoms with E-state index in [0.29, 0.717) is 23.0 Å². The van der Waals surface area contributed by atoms with Crippen LogP contribution in [0.25, 0.3) is 0 Å². The number of pyridine rings is 1. The van der Waals surface area contributed by atoms with Crippen LogP contribution in [0.5, 0.6) is 0 Å². The third-order valence-electron chi connectivity index (χ3n) is 3.06. The quantitative estimate of drug-likeness (QED) is 0.610. The minimum Gasteiger partial charge on any atom is -0.320 e. The summed E-state index contributed by atoms with van der Waals surface area (Å²) < 4.78 is 35.8. The molecule has 0 aliphatic heterocycles. The molecule has 2 aromatic rings. The van der Waals surface area contributed by atoms with Gasteiger partial charge in [0, 0.05) is 4.90 Å². The highest BCUT2D eigenvalue weighted by molar-refractivity contribution is 8.01. The predicted octanol–water partition coefficient (Wildman–Crippen LogP) is 4.73. The number of amides is 1. The van der Waals surface area contributed by atoms with Crippen molar-refractivity contribution in [3.63, 3.8) is 0 Å². The van der Waals surface area contributed by atoms with Crippen molar-refractivity contribution in [3.05, 3.63) is 53.3 Å². The highest BCUT2D eigenvalue weighted by atomic mass is 35.5. The van der Waals surface area contributed by atoms with Crippen molar-refractivity contribution in [1.82, 2.24) is 4.98 Å². The van der Waals surface area contributed by atoms with Gasteiger partial charge in [0.05, 0.1) is 16.9 Å². The highest BCUT2D eigenvalue weighted by Gasteiger charge is 2.39. The molecule has 0 aliphatic carbocycles. The Labute approximate surface area is 151 Å². The second-order valence-corrected chi connectivity index (χ2v) is 6.71. The maximum absolute atomic E-state index is 12.6. The number of nitrogens with zero attached hydrogens (tertiary/aromatic N) is 2. The summed E-state index contributed by atoms with van der Waals surface area (Å²) in [4.78, 5) is 16.5. The number of halogens is 4.